The van der Waals surface area contributed by atoms with Crippen molar-refractivity contribution >= 4 is 17.8 Å². The van der Waals surface area contributed by atoms with E-state index in [0.29, 0.717) is 18.5 Å². The standard InChI is InChI=1S/C18H24FN3O3/c1-3-5-6-11-20-15(23)12-22-16(24)18(4-2,21-17(22)25)13-7-9-14(19)10-8-13/h7-10H,3-6,11-12H2,1-2H3,(H,20,23)(H,21,25)/t18-/m0/s1. The number of nitrogens with zero attached hydrogens (tertiary/aromatic N) is 1. The predicted octanol–water partition coefficient (Wildman–Crippen LogP) is 2.29. The van der Waals surface area contributed by atoms with E-state index >= 15 is 0 Å². The maximum absolute atomic E-state index is 13.2. The zero-order valence-electron chi connectivity index (χ0n) is 14.6. The molecule has 136 valence electrons. The lowest BCUT2D eigenvalue weighted by Gasteiger charge is -2.25. The number of benzene rings is 1. The SMILES string of the molecule is CCCCCNC(=O)CN1C(=O)N[C@@](CC)(c2ccc(F)cc2)C1=O. The first-order valence-corrected chi connectivity index (χ1v) is 8.61. The fourth-order valence-electron chi connectivity index (χ4n) is 2.95. The predicted molar refractivity (Wildman–Crippen MR) is 91.1 cm³/mol. The number of hydrogen-bond acceptors (Lipinski definition) is 3. The topological polar surface area (TPSA) is 78.5 Å². The Hall–Kier alpha value is -2.44. The summed E-state index contributed by atoms with van der Waals surface area (Å²) in [6.07, 6.45) is 3.21. The summed E-state index contributed by atoms with van der Waals surface area (Å²) in [5, 5.41) is 5.39. The molecule has 0 spiro atoms. The maximum Gasteiger partial charge on any atom is 0.325 e. The van der Waals surface area contributed by atoms with Crippen LogP contribution in [0.25, 0.3) is 0 Å². The summed E-state index contributed by atoms with van der Waals surface area (Å²) in [4.78, 5) is 38.0. The minimum absolute atomic E-state index is 0.303. The number of hydrogen-bond donors (Lipinski definition) is 2. The van der Waals surface area contributed by atoms with Crippen molar-refractivity contribution in [1.29, 1.82) is 0 Å². The number of unbranched alkanes of at least 4 members (excludes halogenated alkanes) is 2. The van der Waals surface area contributed by atoms with Crippen LogP contribution < -0.4 is 10.6 Å². The minimum atomic E-state index is -1.26. The van der Waals surface area contributed by atoms with Crippen molar-refractivity contribution in [2.45, 2.75) is 45.1 Å². The zero-order chi connectivity index (χ0) is 18.4. The van der Waals surface area contributed by atoms with Crippen LogP contribution in [0.1, 0.15) is 45.1 Å². The second kappa shape index (κ2) is 8.09. The van der Waals surface area contributed by atoms with E-state index in [1.165, 1.54) is 24.3 Å². The van der Waals surface area contributed by atoms with Gasteiger partial charge < -0.3 is 10.6 Å². The smallest absolute Gasteiger partial charge is 0.325 e. The molecule has 0 bridgehead atoms. The van der Waals surface area contributed by atoms with E-state index in [4.69, 9.17) is 0 Å². The van der Waals surface area contributed by atoms with Crippen molar-refractivity contribution < 1.29 is 18.8 Å². The zero-order valence-corrected chi connectivity index (χ0v) is 14.6. The molecular formula is C18H24FN3O3. The van der Waals surface area contributed by atoms with Gasteiger partial charge in [0, 0.05) is 6.54 Å². The third kappa shape index (κ3) is 3.97. The lowest BCUT2D eigenvalue weighted by molar-refractivity contribution is -0.135. The molecule has 1 atom stereocenters. The second-order valence-corrected chi connectivity index (χ2v) is 6.14. The van der Waals surface area contributed by atoms with Gasteiger partial charge in [-0.1, -0.05) is 38.8 Å². The van der Waals surface area contributed by atoms with Gasteiger partial charge in [-0.3, -0.25) is 14.5 Å². The van der Waals surface area contributed by atoms with Gasteiger partial charge in [0.1, 0.15) is 17.9 Å². The van der Waals surface area contributed by atoms with Crippen LogP contribution in [-0.4, -0.2) is 35.8 Å². The van der Waals surface area contributed by atoms with Gasteiger partial charge >= 0.3 is 6.03 Å². The molecule has 1 heterocycles. The molecule has 1 saturated heterocycles. The first-order chi connectivity index (χ1) is 11.9. The number of imide groups is 1. The molecule has 7 heteroatoms. The van der Waals surface area contributed by atoms with E-state index in [1.807, 2.05) is 0 Å². The molecule has 1 aromatic carbocycles. The van der Waals surface area contributed by atoms with E-state index in [-0.39, 0.29) is 12.5 Å². The Morgan fingerprint density at radius 3 is 2.48 bits per heavy atom. The highest BCUT2D eigenvalue weighted by molar-refractivity contribution is 6.09. The fraction of sp³-hybridized carbons (Fsp3) is 0.500. The Morgan fingerprint density at radius 2 is 1.88 bits per heavy atom. The van der Waals surface area contributed by atoms with Gasteiger partial charge in [0.2, 0.25) is 5.91 Å². The molecule has 4 amide bonds. The summed E-state index contributed by atoms with van der Waals surface area (Å²) < 4.78 is 13.2. The quantitative estimate of drug-likeness (QED) is 0.558. The van der Waals surface area contributed by atoms with Crippen LogP contribution in [-0.2, 0) is 15.1 Å². The third-order valence-corrected chi connectivity index (χ3v) is 4.45. The summed E-state index contributed by atoms with van der Waals surface area (Å²) in [7, 11) is 0. The number of carbonyl (C=O) groups is 3. The minimum Gasteiger partial charge on any atom is -0.355 e. The summed E-state index contributed by atoms with van der Waals surface area (Å²) in [6, 6.07) is 4.83. The number of amides is 4. The van der Waals surface area contributed by atoms with E-state index in [9.17, 15) is 18.8 Å². The van der Waals surface area contributed by atoms with Gasteiger partial charge in [0.25, 0.3) is 5.91 Å². The molecule has 0 unspecified atom stereocenters. The van der Waals surface area contributed by atoms with Gasteiger partial charge in [-0.15, -0.1) is 0 Å². The summed E-state index contributed by atoms with van der Waals surface area (Å²) >= 11 is 0. The van der Waals surface area contributed by atoms with Crippen molar-refractivity contribution in [3.63, 3.8) is 0 Å². The van der Waals surface area contributed by atoms with Crippen LogP contribution in [0.3, 0.4) is 0 Å². The molecule has 0 aliphatic carbocycles. The van der Waals surface area contributed by atoms with E-state index < -0.39 is 23.3 Å². The molecular weight excluding hydrogens is 325 g/mol. The first kappa shape index (κ1) is 18.9. The van der Waals surface area contributed by atoms with Crippen LogP contribution in [0.2, 0.25) is 0 Å². The molecule has 2 rings (SSSR count). The fourth-order valence-corrected chi connectivity index (χ4v) is 2.95. The van der Waals surface area contributed by atoms with Crippen LogP contribution in [0.15, 0.2) is 24.3 Å². The highest BCUT2D eigenvalue weighted by Crippen LogP contribution is 2.32. The second-order valence-electron chi connectivity index (χ2n) is 6.14. The number of carbonyl (C=O) groups excluding carboxylic acids is 3. The van der Waals surface area contributed by atoms with Gasteiger partial charge in [-0.25, -0.2) is 9.18 Å². The highest BCUT2D eigenvalue weighted by Gasteiger charge is 2.51. The molecule has 0 saturated carbocycles. The lowest BCUT2D eigenvalue weighted by atomic mass is 9.87. The summed E-state index contributed by atoms with van der Waals surface area (Å²) in [6.45, 7) is 4.03. The normalized spacial score (nSPS) is 19.9. The van der Waals surface area contributed by atoms with Crippen LogP contribution in [0, 0.1) is 5.82 Å². The number of halogens is 1. The average Bonchev–Trinajstić information content (AvgIpc) is 2.84. The van der Waals surface area contributed by atoms with E-state index in [2.05, 4.69) is 17.6 Å². The van der Waals surface area contributed by atoms with Crippen molar-refractivity contribution in [3.05, 3.63) is 35.6 Å². The van der Waals surface area contributed by atoms with Crippen molar-refractivity contribution in [2.75, 3.05) is 13.1 Å². The largest absolute Gasteiger partial charge is 0.355 e. The Bertz CT molecular complexity index is 647. The molecule has 1 aliphatic heterocycles. The average molecular weight is 349 g/mol. The highest BCUT2D eigenvalue weighted by atomic mass is 19.1. The maximum atomic E-state index is 13.2. The number of urea groups is 1. The third-order valence-electron chi connectivity index (χ3n) is 4.45. The van der Waals surface area contributed by atoms with Crippen LogP contribution in [0.4, 0.5) is 9.18 Å². The van der Waals surface area contributed by atoms with Crippen LogP contribution >= 0.6 is 0 Å². The molecule has 0 aromatic heterocycles. The number of rotatable bonds is 8. The Balaban J connectivity index is 2.09. The molecule has 1 aromatic rings. The molecule has 1 fully saturated rings. The van der Waals surface area contributed by atoms with E-state index in [1.54, 1.807) is 6.92 Å². The lowest BCUT2D eigenvalue weighted by Crippen LogP contribution is -2.44. The molecule has 1 aliphatic rings. The Labute approximate surface area is 146 Å². The van der Waals surface area contributed by atoms with Crippen molar-refractivity contribution in [3.8, 4) is 0 Å². The molecule has 6 nitrogen and oxygen atoms in total. The van der Waals surface area contributed by atoms with Gasteiger partial charge in [0.15, 0.2) is 0 Å². The van der Waals surface area contributed by atoms with Crippen LogP contribution in [0.5, 0.6) is 0 Å². The monoisotopic (exact) mass is 349 g/mol. The van der Waals surface area contributed by atoms with Gasteiger partial charge in [0.05, 0.1) is 0 Å². The number of nitrogens with one attached hydrogen (secondary N) is 2. The van der Waals surface area contributed by atoms with Gasteiger partial charge in [-0.05, 0) is 30.5 Å². The molecule has 25 heavy (non-hydrogen) atoms. The summed E-state index contributed by atoms with van der Waals surface area (Å²) in [5.74, 6) is -1.28. The summed E-state index contributed by atoms with van der Waals surface area (Å²) in [5.41, 5.74) is -0.756. The van der Waals surface area contributed by atoms with Crippen molar-refractivity contribution in [1.82, 2.24) is 15.5 Å². The van der Waals surface area contributed by atoms with Crippen molar-refractivity contribution in [2.24, 2.45) is 0 Å². The Morgan fingerprint density at radius 1 is 1.20 bits per heavy atom. The van der Waals surface area contributed by atoms with E-state index in [0.717, 1.165) is 24.2 Å². The molecule has 0 radical (unpaired) electrons. The Kier molecular flexibility index (Phi) is 6.12. The first-order valence-electron chi connectivity index (χ1n) is 8.61. The van der Waals surface area contributed by atoms with Gasteiger partial charge in [-0.2, -0.15) is 0 Å². The molecule has 2 N–H and O–H groups in total.